The zero-order valence-electron chi connectivity index (χ0n) is 10.8. The molecule has 2 N–H and O–H groups in total. The summed E-state index contributed by atoms with van der Waals surface area (Å²) in [7, 11) is 1.77. The molecule has 1 amide bonds. The fraction of sp³-hybridized carbons (Fsp3) is 0.308. The number of benzene rings is 1. The van der Waals surface area contributed by atoms with Crippen LogP contribution in [-0.2, 0) is 0 Å². The molecule has 0 spiro atoms. The van der Waals surface area contributed by atoms with Crippen molar-refractivity contribution < 1.29 is 4.79 Å². The minimum Gasteiger partial charge on any atom is -0.386 e. The number of nitrogens with zero attached hydrogens (tertiary/aromatic N) is 2. The van der Waals surface area contributed by atoms with Crippen LogP contribution < -0.4 is 10.6 Å². The number of anilines is 1. The predicted octanol–water partition coefficient (Wildman–Crippen LogP) is 2.57. The maximum absolute atomic E-state index is 12.0. The number of hydrogen-bond donors (Lipinski definition) is 2. The van der Waals surface area contributed by atoms with E-state index in [2.05, 4.69) is 36.8 Å². The molecule has 1 aromatic carbocycles. The minimum absolute atomic E-state index is 0.208. The van der Waals surface area contributed by atoms with Gasteiger partial charge in [0, 0.05) is 23.5 Å². The summed E-state index contributed by atoms with van der Waals surface area (Å²) in [5, 5.41) is 14.9. The normalized spacial score (nSPS) is 10.5. The van der Waals surface area contributed by atoms with Gasteiger partial charge in [0.15, 0.2) is 5.69 Å². The van der Waals surface area contributed by atoms with E-state index in [-0.39, 0.29) is 5.91 Å². The van der Waals surface area contributed by atoms with Gasteiger partial charge in [0.05, 0.1) is 5.69 Å². The van der Waals surface area contributed by atoms with Gasteiger partial charge in [-0.25, -0.2) is 0 Å². The third-order valence-electron chi connectivity index (χ3n) is 2.74. The Morgan fingerprint density at radius 2 is 2.16 bits per heavy atom. The summed E-state index contributed by atoms with van der Waals surface area (Å²) < 4.78 is 0.856. The molecule has 6 heteroatoms. The van der Waals surface area contributed by atoms with E-state index in [1.807, 2.05) is 25.1 Å². The highest BCUT2D eigenvalue weighted by atomic mass is 79.9. The van der Waals surface area contributed by atoms with E-state index in [4.69, 9.17) is 0 Å². The Morgan fingerprint density at radius 1 is 1.37 bits per heavy atom. The maximum atomic E-state index is 12.0. The average Bonchev–Trinajstić information content (AvgIpc) is 2.43. The molecule has 0 atom stereocenters. The highest BCUT2D eigenvalue weighted by Gasteiger charge is 2.16. The van der Waals surface area contributed by atoms with E-state index in [1.165, 1.54) is 0 Å². The molecule has 2 aromatic rings. The second kappa shape index (κ2) is 5.97. The third-order valence-corrected chi connectivity index (χ3v) is 3.38. The largest absolute Gasteiger partial charge is 0.386 e. The molecule has 0 radical (unpaired) electrons. The Morgan fingerprint density at radius 3 is 2.84 bits per heavy atom. The van der Waals surface area contributed by atoms with Crippen LogP contribution in [0.15, 0.2) is 22.7 Å². The molecule has 0 saturated heterocycles. The highest BCUT2D eigenvalue weighted by Crippen LogP contribution is 2.28. The number of hydrogen-bond acceptors (Lipinski definition) is 4. The minimum atomic E-state index is -0.208. The van der Waals surface area contributed by atoms with Crippen molar-refractivity contribution in [2.45, 2.75) is 13.3 Å². The topological polar surface area (TPSA) is 66.9 Å². The lowest BCUT2D eigenvalue weighted by atomic mass is 10.1. The second-order valence-corrected chi connectivity index (χ2v) is 4.92. The molecule has 0 aliphatic carbocycles. The number of amides is 1. The van der Waals surface area contributed by atoms with E-state index in [1.54, 1.807) is 7.05 Å². The smallest absolute Gasteiger partial charge is 0.273 e. The van der Waals surface area contributed by atoms with E-state index in [0.29, 0.717) is 17.9 Å². The highest BCUT2D eigenvalue weighted by molar-refractivity contribution is 9.10. The zero-order valence-corrected chi connectivity index (χ0v) is 12.4. The van der Waals surface area contributed by atoms with Gasteiger partial charge in [-0.2, -0.15) is 0 Å². The Bertz CT molecular complexity index is 615. The molecular weight excluding hydrogens is 308 g/mol. The SMILES string of the molecule is CCCNC(=O)c1nnc2c(Br)cccc2c1NC. The molecule has 19 heavy (non-hydrogen) atoms. The lowest BCUT2D eigenvalue weighted by Gasteiger charge is -2.11. The average molecular weight is 323 g/mol. The Kier molecular flexibility index (Phi) is 4.31. The first kappa shape index (κ1) is 13.7. The van der Waals surface area contributed by atoms with Crippen molar-refractivity contribution in [2.24, 2.45) is 0 Å². The van der Waals surface area contributed by atoms with Crippen LogP contribution in [0.3, 0.4) is 0 Å². The van der Waals surface area contributed by atoms with Gasteiger partial charge in [-0.3, -0.25) is 4.79 Å². The van der Waals surface area contributed by atoms with Gasteiger partial charge in [0.1, 0.15) is 5.52 Å². The van der Waals surface area contributed by atoms with Crippen LogP contribution in [0.2, 0.25) is 0 Å². The van der Waals surface area contributed by atoms with Crippen LogP contribution in [0.4, 0.5) is 5.69 Å². The van der Waals surface area contributed by atoms with Gasteiger partial charge in [-0.1, -0.05) is 19.1 Å². The van der Waals surface area contributed by atoms with E-state index >= 15 is 0 Å². The lowest BCUT2D eigenvalue weighted by molar-refractivity contribution is 0.0949. The quantitative estimate of drug-likeness (QED) is 0.907. The van der Waals surface area contributed by atoms with Crippen molar-refractivity contribution in [1.82, 2.24) is 15.5 Å². The first-order valence-corrected chi connectivity index (χ1v) is 6.89. The molecule has 5 nitrogen and oxygen atoms in total. The summed E-state index contributed by atoms with van der Waals surface area (Å²) in [6.45, 7) is 2.63. The van der Waals surface area contributed by atoms with Crippen LogP contribution in [0.1, 0.15) is 23.8 Å². The summed E-state index contributed by atoms with van der Waals surface area (Å²) in [6, 6.07) is 5.72. The van der Waals surface area contributed by atoms with Crippen LogP contribution in [0.5, 0.6) is 0 Å². The third kappa shape index (κ3) is 2.68. The molecule has 1 heterocycles. The molecule has 0 aliphatic rings. The van der Waals surface area contributed by atoms with Gasteiger partial charge >= 0.3 is 0 Å². The Hall–Kier alpha value is -1.69. The molecule has 0 unspecified atom stereocenters. The van der Waals surface area contributed by atoms with Gasteiger partial charge in [-0.15, -0.1) is 10.2 Å². The summed E-state index contributed by atoms with van der Waals surface area (Å²) in [5.41, 5.74) is 1.75. The number of nitrogens with one attached hydrogen (secondary N) is 2. The van der Waals surface area contributed by atoms with Crippen molar-refractivity contribution in [3.63, 3.8) is 0 Å². The van der Waals surface area contributed by atoms with Crippen molar-refractivity contribution in [2.75, 3.05) is 18.9 Å². The van der Waals surface area contributed by atoms with Gasteiger partial charge < -0.3 is 10.6 Å². The van der Waals surface area contributed by atoms with Crippen molar-refractivity contribution in [3.05, 3.63) is 28.4 Å². The summed E-state index contributed by atoms with van der Waals surface area (Å²) in [5.74, 6) is -0.208. The van der Waals surface area contributed by atoms with Gasteiger partial charge in [0.2, 0.25) is 0 Å². The standard InChI is InChI=1S/C13H15BrN4O/c1-3-7-16-13(19)12-11(15-2)8-5-4-6-9(14)10(8)17-18-12/h4-6H,3,7H2,1-2H3,(H,15,17)(H,16,19). The van der Waals surface area contributed by atoms with E-state index in [0.717, 1.165) is 21.8 Å². The van der Waals surface area contributed by atoms with Crippen LogP contribution in [0, 0.1) is 0 Å². The van der Waals surface area contributed by atoms with E-state index < -0.39 is 0 Å². The predicted molar refractivity (Wildman–Crippen MR) is 79.4 cm³/mol. The van der Waals surface area contributed by atoms with E-state index in [9.17, 15) is 4.79 Å². The summed E-state index contributed by atoms with van der Waals surface area (Å²) >= 11 is 3.43. The first-order valence-electron chi connectivity index (χ1n) is 6.09. The summed E-state index contributed by atoms with van der Waals surface area (Å²) in [6.07, 6.45) is 0.882. The lowest BCUT2D eigenvalue weighted by Crippen LogP contribution is -2.26. The van der Waals surface area contributed by atoms with Crippen LogP contribution >= 0.6 is 15.9 Å². The van der Waals surface area contributed by atoms with Gasteiger partial charge in [-0.05, 0) is 28.4 Å². The second-order valence-electron chi connectivity index (χ2n) is 4.07. The zero-order chi connectivity index (χ0) is 13.8. The number of rotatable bonds is 4. The Labute approximate surface area is 119 Å². The summed E-state index contributed by atoms with van der Waals surface area (Å²) in [4.78, 5) is 12.0. The van der Waals surface area contributed by atoms with Crippen LogP contribution in [-0.4, -0.2) is 29.7 Å². The monoisotopic (exact) mass is 322 g/mol. The number of aromatic nitrogens is 2. The van der Waals surface area contributed by atoms with Crippen molar-refractivity contribution in [3.8, 4) is 0 Å². The number of carbonyl (C=O) groups excluding carboxylic acids is 1. The van der Waals surface area contributed by atoms with Gasteiger partial charge in [0.25, 0.3) is 5.91 Å². The first-order chi connectivity index (χ1) is 9.19. The molecule has 100 valence electrons. The molecular formula is C13H15BrN4O. The number of halogens is 1. The maximum Gasteiger partial charge on any atom is 0.273 e. The van der Waals surface area contributed by atoms with Crippen molar-refractivity contribution in [1.29, 1.82) is 0 Å². The molecule has 0 aliphatic heterocycles. The molecule has 0 bridgehead atoms. The fourth-order valence-electron chi connectivity index (χ4n) is 1.83. The molecule has 1 aromatic heterocycles. The number of fused-ring (bicyclic) bond motifs is 1. The Balaban J connectivity index is 2.54. The van der Waals surface area contributed by atoms with Crippen molar-refractivity contribution >= 4 is 38.4 Å². The molecule has 2 rings (SSSR count). The molecule has 0 saturated carbocycles. The fourth-order valence-corrected chi connectivity index (χ4v) is 2.28. The molecule has 0 fully saturated rings. The number of carbonyl (C=O) groups is 1. The van der Waals surface area contributed by atoms with Crippen LogP contribution in [0.25, 0.3) is 10.9 Å².